The van der Waals surface area contributed by atoms with E-state index in [0.717, 1.165) is 17.1 Å². The van der Waals surface area contributed by atoms with Gasteiger partial charge in [0.25, 0.3) is 0 Å². The smallest absolute Gasteiger partial charge is 0.138 e. The Morgan fingerprint density at radius 3 is 2.54 bits per heavy atom. The minimum absolute atomic E-state index is 0.926. The lowest BCUT2D eigenvalue weighted by Gasteiger charge is -2.09. The summed E-state index contributed by atoms with van der Waals surface area (Å²) in [6, 6.07) is 25.4. The van der Waals surface area contributed by atoms with Crippen LogP contribution in [0.25, 0.3) is 49.0 Å². The van der Waals surface area contributed by atoms with Gasteiger partial charge >= 0.3 is 0 Å². The average Bonchev–Trinajstić information content (AvgIpc) is 3.36. The van der Waals surface area contributed by atoms with Crippen LogP contribution in [0.4, 0.5) is 0 Å². The molecule has 0 saturated carbocycles. The van der Waals surface area contributed by atoms with Gasteiger partial charge in [-0.3, -0.25) is 9.55 Å². The van der Waals surface area contributed by atoms with Crippen molar-refractivity contribution in [2.45, 2.75) is 0 Å². The third kappa shape index (κ3) is 2.22. The highest BCUT2D eigenvalue weighted by Crippen LogP contribution is 2.38. The SMILES string of the molecule is c1cc(-c2ccncc2)nc(-n2c3ccccc3c3c4ccsc4ccc32)c1. The molecule has 0 aliphatic rings. The Labute approximate surface area is 165 Å². The summed E-state index contributed by atoms with van der Waals surface area (Å²) < 4.78 is 3.58. The lowest BCUT2D eigenvalue weighted by Crippen LogP contribution is -1.98. The van der Waals surface area contributed by atoms with Crippen molar-refractivity contribution in [2.24, 2.45) is 0 Å². The summed E-state index contributed by atoms with van der Waals surface area (Å²) in [5.74, 6) is 0.926. The van der Waals surface area contributed by atoms with Gasteiger partial charge in [0.2, 0.25) is 0 Å². The fraction of sp³-hybridized carbons (Fsp3) is 0. The van der Waals surface area contributed by atoms with Gasteiger partial charge in [0.1, 0.15) is 5.82 Å². The standard InChI is InChI=1S/C24H15N3S/c1-2-6-20-17(4-1)24-18-12-15-28-22(18)9-8-21(24)27(20)23-7-3-5-19(26-23)16-10-13-25-14-11-16/h1-15H. The number of rotatable bonds is 2. The summed E-state index contributed by atoms with van der Waals surface area (Å²) in [7, 11) is 0. The van der Waals surface area contributed by atoms with Crippen LogP contribution in [-0.4, -0.2) is 14.5 Å². The molecule has 3 nitrogen and oxygen atoms in total. The minimum Gasteiger partial charge on any atom is -0.294 e. The molecule has 6 aromatic rings. The molecule has 0 amide bonds. The van der Waals surface area contributed by atoms with E-state index in [1.807, 2.05) is 18.2 Å². The van der Waals surface area contributed by atoms with Gasteiger partial charge in [-0.1, -0.05) is 24.3 Å². The highest BCUT2D eigenvalue weighted by molar-refractivity contribution is 7.17. The van der Waals surface area contributed by atoms with Crippen molar-refractivity contribution in [2.75, 3.05) is 0 Å². The Kier molecular flexibility index (Phi) is 3.34. The number of thiophene rings is 1. The number of aromatic nitrogens is 3. The van der Waals surface area contributed by atoms with Gasteiger partial charge in [0.15, 0.2) is 0 Å². The summed E-state index contributed by atoms with van der Waals surface area (Å²) in [6.07, 6.45) is 3.61. The fourth-order valence-electron chi connectivity index (χ4n) is 3.99. The fourth-order valence-corrected chi connectivity index (χ4v) is 4.78. The van der Waals surface area contributed by atoms with E-state index in [-0.39, 0.29) is 0 Å². The molecular weight excluding hydrogens is 362 g/mol. The molecule has 0 aliphatic heterocycles. The molecule has 4 heteroatoms. The number of pyridine rings is 2. The molecule has 0 spiro atoms. The molecule has 132 valence electrons. The van der Waals surface area contributed by atoms with E-state index < -0.39 is 0 Å². The molecule has 0 unspecified atom stereocenters. The lowest BCUT2D eigenvalue weighted by atomic mass is 10.1. The van der Waals surface area contributed by atoms with Crippen LogP contribution in [0.3, 0.4) is 0 Å². The van der Waals surface area contributed by atoms with E-state index in [0.29, 0.717) is 0 Å². The molecule has 0 bridgehead atoms. The molecule has 28 heavy (non-hydrogen) atoms. The molecule has 0 fully saturated rings. The van der Waals surface area contributed by atoms with Crippen LogP contribution in [0.2, 0.25) is 0 Å². The van der Waals surface area contributed by atoms with E-state index in [4.69, 9.17) is 4.98 Å². The van der Waals surface area contributed by atoms with Crippen molar-refractivity contribution in [1.29, 1.82) is 0 Å². The van der Waals surface area contributed by atoms with E-state index in [1.165, 1.54) is 31.9 Å². The highest BCUT2D eigenvalue weighted by Gasteiger charge is 2.15. The van der Waals surface area contributed by atoms with Crippen LogP contribution in [0.1, 0.15) is 0 Å². The number of fused-ring (bicyclic) bond motifs is 5. The zero-order chi connectivity index (χ0) is 18.5. The Balaban J connectivity index is 1.71. The number of benzene rings is 2. The highest BCUT2D eigenvalue weighted by atomic mass is 32.1. The molecule has 0 aliphatic carbocycles. The monoisotopic (exact) mass is 377 g/mol. The Morgan fingerprint density at radius 1 is 0.714 bits per heavy atom. The maximum Gasteiger partial charge on any atom is 0.138 e. The van der Waals surface area contributed by atoms with Gasteiger partial charge in [-0.15, -0.1) is 11.3 Å². The zero-order valence-corrected chi connectivity index (χ0v) is 15.7. The van der Waals surface area contributed by atoms with Gasteiger partial charge < -0.3 is 0 Å². The molecule has 2 aromatic carbocycles. The summed E-state index contributed by atoms with van der Waals surface area (Å²) in [5.41, 5.74) is 4.38. The Bertz CT molecular complexity index is 1460. The van der Waals surface area contributed by atoms with Crippen molar-refractivity contribution in [3.05, 3.63) is 90.6 Å². The summed E-state index contributed by atoms with van der Waals surface area (Å²) in [5, 5.41) is 6.03. The van der Waals surface area contributed by atoms with Crippen molar-refractivity contribution >= 4 is 43.2 Å². The summed E-state index contributed by atoms with van der Waals surface area (Å²) in [6.45, 7) is 0. The minimum atomic E-state index is 0.926. The zero-order valence-electron chi connectivity index (χ0n) is 14.9. The van der Waals surface area contributed by atoms with Crippen molar-refractivity contribution < 1.29 is 0 Å². The number of hydrogen-bond acceptors (Lipinski definition) is 3. The average molecular weight is 377 g/mol. The van der Waals surface area contributed by atoms with E-state index in [2.05, 4.69) is 69.5 Å². The third-order valence-electron chi connectivity index (χ3n) is 5.21. The molecule has 0 saturated heterocycles. The van der Waals surface area contributed by atoms with Crippen LogP contribution in [0.5, 0.6) is 0 Å². The number of para-hydroxylation sites is 1. The van der Waals surface area contributed by atoms with Crippen LogP contribution >= 0.6 is 11.3 Å². The van der Waals surface area contributed by atoms with Gasteiger partial charge in [0, 0.05) is 38.8 Å². The summed E-state index contributed by atoms with van der Waals surface area (Å²) >= 11 is 1.78. The predicted octanol–water partition coefficient (Wildman–Crippen LogP) is 6.46. The molecule has 6 rings (SSSR count). The van der Waals surface area contributed by atoms with Crippen LogP contribution in [-0.2, 0) is 0 Å². The second-order valence-electron chi connectivity index (χ2n) is 6.76. The molecular formula is C24H15N3S. The first-order chi connectivity index (χ1) is 13.9. The molecule has 4 heterocycles. The largest absolute Gasteiger partial charge is 0.294 e. The van der Waals surface area contributed by atoms with Crippen molar-refractivity contribution in [3.8, 4) is 17.1 Å². The predicted molar refractivity (Wildman–Crippen MR) is 117 cm³/mol. The molecule has 0 N–H and O–H groups in total. The van der Waals surface area contributed by atoms with Crippen LogP contribution in [0, 0.1) is 0 Å². The second-order valence-corrected chi connectivity index (χ2v) is 7.71. The number of hydrogen-bond donors (Lipinski definition) is 0. The van der Waals surface area contributed by atoms with Crippen molar-refractivity contribution in [3.63, 3.8) is 0 Å². The normalized spacial score (nSPS) is 11.6. The van der Waals surface area contributed by atoms with Crippen LogP contribution < -0.4 is 0 Å². The molecule has 0 radical (unpaired) electrons. The van der Waals surface area contributed by atoms with Gasteiger partial charge in [-0.25, -0.2) is 4.98 Å². The first-order valence-electron chi connectivity index (χ1n) is 9.17. The first-order valence-corrected chi connectivity index (χ1v) is 10.1. The van der Waals surface area contributed by atoms with E-state index in [9.17, 15) is 0 Å². The molecule has 4 aromatic heterocycles. The quantitative estimate of drug-likeness (QED) is 0.347. The Morgan fingerprint density at radius 2 is 1.61 bits per heavy atom. The maximum atomic E-state index is 4.99. The lowest BCUT2D eigenvalue weighted by molar-refractivity contribution is 1.08. The number of nitrogens with zero attached hydrogens (tertiary/aromatic N) is 3. The van der Waals surface area contributed by atoms with Crippen molar-refractivity contribution in [1.82, 2.24) is 14.5 Å². The van der Waals surface area contributed by atoms with E-state index >= 15 is 0 Å². The van der Waals surface area contributed by atoms with Gasteiger partial charge in [0.05, 0.1) is 16.7 Å². The van der Waals surface area contributed by atoms with Crippen LogP contribution in [0.15, 0.2) is 90.6 Å². The van der Waals surface area contributed by atoms with E-state index in [1.54, 1.807) is 23.7 Å². The van der Waals surface area contributed by atoms with Gasteiger partial charge in [-0.05, 0) is 53.9 Å². The molecule has 0 atom stereocenters. The Hall–Kier alpha value is -3.50. The third-order valence-corrected chi connectivity index (χ3v) is 6.09. The first kappa shape index (κ1) is 15.5. The van der Waals surface area contributed by atoms with Gasteiger partial charge in [-0.2, -0.15) is 0 Å². The summed E-state index contributed by atoms with van der Waals surface area (Å²) in [4.78, 5) is 9.11. The second kappa shape index (κ2) is 6.01. The maximum absolute atomic E-state index is 4.99. The topological polar surface area (TPSA) is 30.7 Å².